The lowest BCUT2D eigenvalue weighted by molar-refractivity contribution is -0.115. The van der Waals surface area contributed by atoms with E-state index < -0.39 is 0 Å². The second-order valence-corrected chi connectivity index (χ2v) is 10.5. The van der Waals surface area contributed by atoms with E-state index in [1.807, 2.05) is 13.0 Å². The van der Waals surface area contributed by atoms with E-state index in [-0.39, 0.29) is 11.9 Å². The first-order chi connectivity index (χ1) is 16.0. The molecule has 1 heterocycles. The van der Waals surface area contributed by atoms with Crippen molar-refractivity contribution in [3.63, 3.8) is 0 Å². The highest BCUT2D eigenvalue weighted by Gasteiger charge is 2.30. The number of rotatable bonds is 8. The second kappa shape index (κ2) is 11.0. The zero-order valence-corrected chi connectivity index (χ0v) is 20.7. The van der Waals surface area contributed by atoms with Crippen LogP contribution in [0, 0.1) is 6.92 Å². The molecule has 1 atom stereocenters. The van der Waals surface area contributed by atoms with Crippen LogP contribution in [0.5, 0.6) is 0 Å². The highest BCUT2D eigenvalue weighted by atomic mass is 32.2. The number of carbonyl (C=O) groups is 2. The number of thioether (sulfide) groups is 1. The summed E-state index contributed by atoms with van der Waals surface area (Å²) >= 11 is 3.20. The van der Waals surface area contributed by atoms with Crippen molar-refractivity contribution in [2.45, 2.75) is 50.3 Å². The fraction of sp³-hybridized carbons (Fsp3) is 0.333. The van der Waals surface area contributed by atoms with E-state index in [0.717, 1.165) is 29.7 Å². The van der Waals surface area contributed by atoms with Crippen LogP contribution in [-0.4, -0.2) is 24.2 Å². The molecule has 0 fully saturated rings. The minimum Gasteiger partial charge on any atom is -0.462 e. The van der Waals surface area contributed by atoms with Gasteiger partial charge in [0.25, 0.3) is 0 Å². The summed E-state index contributed by atoms with van der Waals surface area (Å²) in [7, 11) is 0. The van der Waals surface area contributed by atoms with E-state index in [1.165, 1.54) is 27.3 Å². The Balaban J connectivity index is 1.46. The normalized spacial score (nSPS) is 15.0. The predicted molar refractivity (Wildman–Crippen MR) is 137 cm³/mol. The van der Waals surface area contributed by atoms with Crippen LogP contribution < -0.4 is 5.32 Å². The number of ether oxygens (including phenoxy) is 1. The van der Waals surface area contributed by atoms with Crippen molar-refractivity contribution in [3.8, 4) is 0 Å². The first kappa shape index (κ1) is 23.6. The fourth-order valence-corrected chi connectivity index (χ4v) is 6.37. The molecule has 2 aromatic carbocycles. The Morgan fingerprint density at radius 2 is 1.88 bits per heavy atom. The average Bonchev–Trinajstić information content (AvgIpc) is 3.18. The van der Waals surface area contributed by atoms with Gasteiger partial charge < -0.3 is 10.1 Å². The van der Waals surface area contributed by atoms with Crippen LogP contribution in [0.4, 0.5) is 5.00 Å². The lowest BCUT2D eigenvalue weighted by atomic mass is 9.83. The summed E-state index contributed by atoms with van der Waals surface area (Å²) in [6.07, 6.45) is 3.07. The Kier molecular flexibility index (Phi) is 7.89. The van der Waals surface area contributed by atoms with Crippen molar-refractivity contribution >= 4 is 40.0 Å². The van der Waals surface area contributed by atoms with E-state index >= 15 is 0 Å². The molecule has 0 radical (unpaired) electrons. The van der Waals surface area contributed by atoms with Gasteiger partial charge in [-0.15, -0.1) is 23.1 Å². The van der Waals surface area contributed by atoms with Crippen LogP contribution in [0.2, 0.25) is 0 Å². The largest absolute Gasteiger partial charge is 0.462 e. The molecule has 4 rings (SSSR count). The maximum absolute atomic E-state index is 12.8. The van der Waals surface area contributed by atoms with Crippen molar-refractivity contribution in [2.75, 3.05) is 17.7 Å². The number of benzene rings is 2. The highest BCUT2D eigenvalue weighted by Crippen LogP contribution is 2.42. The van der Waals surface area contributed by atoms with Crippen molar-refractivity contribution < 1.29 is 14.3 Å². The van der Waals surface area contributed by atoms with Crippen molar-refractivity contribution in [1.29, 1.82) is 0 Å². The predicted octanol–water partition coefficient (Wildman–Crippen LogP) is 6.63. The number of fused-ring (bicyclic) bond motifs is 1. The number of hydrogen-bond donors (Lipinski definition) is 1. The summed E-state index contributed by atoms with van der Waals surface area (Å²) in [6.45, 7) is 4.19. The lowest BCUT2D eigenvalue weighted by Crippen LogP contribution is -2.17. The number of anilines is 1. The second-order valence-electron chi connectivity index (χ2n) is 8.24. The van der Waals surface area contributed by atoms with E-state index in [0.29, 0.717) is 35.3 Å². The van der Waals surface area contributed by atoms with Gasteiger partial charge in [-0.05, 0) is 62.3 Å². The SMILES string of the molecule is CCOC(=O)c1c(NC(=O)CCSc2ccc(C)cc2)sc2c1CCC(c1ccccc1)C2. The van der Waals surface area contributed by atoms with Crippen LogP contribution in [0.25, 0.3) is 0 Å². The standard InChI is InChI=1S/C27H29NO3S2/c1-3-31-27(30)25-22-14-11-20(19-7-5-4-6-8-19)17-23(22)33-26(25)28-24(29)15-16-32-21-12-9-18(2)10-13-21/h4-10,12-13,20H,3,11,14-17H2,1-2H3,(H,28,29). The molecule has 172 valence electrons. The van der Waals surface area contributed by atoms with Gasteiger partial charge in [0, 0.05) is 21.9 Å². The Morgan fingerprint density at radius 1 is 1.12 bits per heavy atom. The van der Waals surface area contributed by atoms with Crippen molar-refractivity contribution in [1.82, 2.24) is 0 Å². The van der Waals surface area contributed by atoms with Gasteiger partial charge in [-0.3, -0.25) is 4.79 Å². The number of esters is 1. The maximum atomic E-state index is 12.8. The molecule has 1 aromatic heterocycles. The molecule has 6 heteroatoms. The molecule has 1 N–H and O–H groups in total. The van der Waals surface area contributed by atoms with Gasteiger partial charge in [-0.2, -0.15) is 0 Å². The molecular formula is C27H29NO3S2. The van der Waals surface area contributed by atoms with Crippen LogP contribution in [0.15, 0.2) is 59.5 Å². The number of hydrogen-bond acceptors (Lipinski definition) is 5. The summed E-state index contributed by atoms with van der Waals surface area (Å²) in [5, 5.41) is 3.66. The molecule has 0 saturated heterocycles. The molecule has 1 unspecified atom stereocenters. The van der Waals surface area contributed by atoms with Gasteiger partial charge in [-0.25, -0.2) is 4.79 Å². The van der Waals surface area contributed by atoms with Gasteiger partial charge in [0.05, 0.1) is 12.2 Å². The monoisotopic (exact) mass is 479 g/mol. The molecule has 0 saturated carbocycles. The summed E-state index contributed by atoms with van der Waals surface area (Å²) in [6, 6.07) is 18.8. The van der Waals surface area contributed by atoms with Crippen molar-refractivity contribution in [3.05, 3.63) is 81.7 Å². The zero-order chi connectivity index (χ0) is 23.2. The van der Waals surface area contributed by atoms with Crippen LogP contribution in [0.3, 0.4) is 0 Å². The number of thiophene rings is 1. The minimum atomic E-state index is -0.336. The Bertz CT molecular complexity index is 1110. The molecule has 0 bridgehead atoms. The van der Waals surface area contributed by atoms with E-state index in [9.17, 15) is 9.59 Å². The minimum absolute atomic E-state index is 0.0710. The van der Waals surface area contributed by atoms with E-state index in [1.54, 1.807) is 11.8 Å². The summed E-state index contributed by atoms with van der Waals surface area (Å²) in [4.78, 5) is 27.8. The number of nitrogens with one attached hydrogen (secondary N) is 1. The fourth-order valence-electron chi connectivity index (χ4n) is 4.19. The Morgan fingerprint density at radius 3 is 2.61 bits per heavy atom. The van der Waals surface area contributed by atoms with Gasteiger partial charge in [0.15, 0.2) is 0 Å². The number of aryl methyl sites for hydroxylation is 1. The number of amides is 1. The molecule has 1 aliphatic rings. The lowest BCUT2D eigenvalue weighted by Gasteiger charge is -2.23. The molecule has 1 amide bonds. The third kappa shape index (κ3) is 5.87. The van der Waals surface area contributed by atoms with E-state index in [2.05, 4.69) is 60.8 Å². The first-order valence-electron chi connectivity index (χ1n) is 11.4. The van der Waals surface area contributed by atoms with Gasteiger partial charge in [-0.1, -0.05) is 48.0 Å². The average molecular weight is 480 g/mol. The summed E-state index contributed by atoms with van der Waals surface area (Å²) < 4.78 is 5.35. The third-order valence-corrected chi connectivity index (χ3v) is 8.07. The van der Waals surface area contributed by atoms with Crippen LogP contribution in [-0.2, 0) is 22.4 Å². The zero-order valence-electron chi connectivity index (χ0n) is 19.1. The van der Waals surface area contributed by atoms with Gasteiger partial charge in [0.2, 0.25) is 5.91 Å². The van der Waals surface area contributed by atoms with Crippen LogP contribution in [0.1, 0.15) is 57.6 Å². The first-order valence-corrected chi connectivity index (χ1v) is 13.2. The summed E-state index contributed by atoms with van der Waals surface area (Å²) in [5.41, 5.74) is 4.16. The molecule has 3 aromatic rings. The molecule has 0 spiro atoms. The van der Waals surface area contributed by atoms with Crippen LogP contribution >= 0.6 is 23.1 Å². The van der Waals surface area contributed by atoms with E-state index in [4.69, 9.17) is 4.74 Å². The molecule has 0 aliphatic heterocycles. The van der Waals surface area contributed by atoms with Gasteiger partial charge in [0.1, 0.15) is 5.00 Å². The highest BCUT2D eigenvalue weighted by molar-refractivity contribution is 7.99. The van der Waals surface area contributed by atoms with Gasteiger partial charge >= 0.3 is 5.97 Å². The molecule has 33 heavy (non-hydrogen) atoms. The quantitative estimate of drug-likeness (QED) is 0.291. The number of carbonyl (C=O) groups excluding carboxylic acids is 2. The summed E-state index contributed by atoms with van der Waals surface area (Å²) in [5.74, 6) is 0.711. The smallest absolute Gasteiger partial charge is 0.341 e. The molecule has 1 aliphatic carbocycles. The third-order valence-electron chi connectivity index (χ3n) is 5.89. The molecular weight excluding hydrogens is 450 g/mol. The van der Waals surface area contributed by atoms with Crippen molar-refractivity contribution in [2.24, 2.45) is 0 Å². The topological polar surface area (TPSA) is 55.4 Å². The molecule has 4 nitrogen and oxygen atoms in total. The maximum Gasteiger partial charge on any atom is 0.341 e. The Hall–Kier alpha value is -2.57. The Labute approximate surface area is 203 Å².